The summed E-state index contributed by atoms with van der Waals surface area (Å²) in [5.41, 5.74) is 5.68. The van der Waals surface area contributed by atoms with Crippen molar-refractivity contribution in [3.63, 3.8) is 0 Å². The Kier molecular flexibility index (Phi) is 5.34. The van der Waals surface area contributed by atoms with Gasteiger partial charge in [-0.25, -0.2) is 14.8 Å². The molecule has 0 bridgehead atoms. The molecule has 0 aliphatic carbocycles. The van der Waals surface area contributed by atoms with Gasteiger partial charge in [0.2, 0.25) is 11.8 Å². The molecule has 3 N–H and O–H groups in total. The molecule has 3 heterocycles. The number of alkyl halides is 3. The fourth-order valence-electron chi connectivity index (χ4n) is 1.90. The highest BCUT2D eigenvalue weighted by Crippen LogP contribution is 2.29. The molecule has 3 aromatic heterocycles. The van der Waals surface area contributed by atoms with Gasteiger partial charge in [0.05, 0.1) is 5.56 Å². The lowest BCUT2D eigenvalue weighted by molar-refractivity contribution is -0.159. The van der Waals surface area contributed by atoms with Crippen molar-refractivity contribution in [1.82, 2.24) is 25.1 Å². The predicted molar refractivity (Wildman–Crippen MR) is 86.9 cm³/mol. The minimum absolute atomic E-state index is 0.0452. The van der Waals surface area contributed by atoms with Crippen molar-refractivity contribution < 1.29 is 32.0 Å². The third-order valence-electron chi connectivity index (χ3n) is 3.24. The lowest BCUT2D eigenvalue weighted by atomic mass is 10.2. The average molecular weight is 409 g/mol. The number of nitrogens with zero attached hydrogens (tertiary/aromatic N) is 5. The first-order chi connectivity index (χ1) is 13.7. The van der Waals surface area contributed by atoms with E-state index < -0.39 is 24.1 Å². The third kappa shape index (κ3) is 5.00. The zero-order valence-electron chi connectivity index (χ0n) is 14.2. The van der Waals surface area contributed by atoms with Gasteiger partial charge in [0.1, 0.15) is 12.3 Å². The number of pyridine rings is 1. The van der Waals surface area contributed by atoms with Crippen molar-refractivity contribution in [3.05, 3.63) is 47.9 Å². The van der Waals surface area contributed by atoms with Gasteiger partial charge >= 0.3 is 18.2 Å². The highest BCUT2D eigenvalue weighted by atomic mass is 19.4. The number of nitrogens with two attached hydrogens (primary N) is 1. The molecule has 3 rings (SSSR count). The van der Waals surface area contributed by atoms with E-state index >= 15 is 0 Å². The van der Waals surface area contributed by atoms with E-state index in [0.717, 1.165) is 12.4 Å². The minimum Gasteiger partial charge on any atom is -0.444 e. The fraction of sp³-hybridized carbons (Fsp3) is 0.133. The summed E-state index contributed by atoms with van der Waals surface area (Å²) in [6, 6.07) is 2.88. The number of halogens is 3. The Morgan fingerprint density at radius 1 is 1.14 bits per heavy atom. The van der Waals surface area contributed by atoms with Crippen molar-refractivity contribution in [1.29, 1.82) is 0 Å². The van der Waals surface area contributed by atoms with Gasteiger partial charge in [0.15, 0.2) is 0 Å². The zero-order valence-corrected chi connectivity index (χ0v) is 14.2. The van der Waals surface area contributed by atoms with Crippen LogP contribution in [0.25, 0.3) is 11.4 Å². The van der Waals surface area contributed by atoms with Crippen LogP contribution >= 0.6 is 0 Å². The Morgan fingerprint density at radius 3 is 2.41 bits per heavy atom. The Labute approximate surface area is 159 Å². The quantitative estimate of drug-likeness (QED) is 0.640. The lowest BCUT2D eigenvalue weighted by Gasteiger charge is -2.06. The van der Waals surface area contributed by atoms with Crippen molar-refractivity contribution in [2.24, 2.45) is 5.73 Å². The molecule has 0 unspecified atom stereocenters. The van der Waals surface area contributed by atoms with E-state index in [-0.39, 0.29) is 29.6 Å². The van der Waals surface area contributed by atoms with Crippen LogP contribution in [0.1, 0.15) is 21.9 Å². The largest absolute Gasteiger partial charge is 0.471 e. The van der Waals surface area contributed by atoms with Gasteiger partial charge < -0.3 is 15.0 Å². The smallest absolute Gasteiger partial charge is 0.444 e. The number of ether oxygens (including phenoxy) is 1. The molecule has 14 heteroatoms. The van der Waals surface area contributed by atoms with Crippen LogP contribution in [0.3, 0.4) is 0 Å². The summed E-state index contributed by atoms with van der Waals surface area (Å²) < 4.78 is 46.4. The number of anilines is 1. The van der Waals surface area contributed by atoms with Gasteiger partial charge in [-0.2, -0.15) is 18.2 Å². The van der Waals surface area contributed by atoms with Crippen LogP contribution in [0, 0.1) is 0 Å². The standard InChI is InChI=1S/C15H10F3N7O4/c16-15(17,18)12-23-11(25-29-12)8-4-21-13(22-5-8)24-14(27)28-6-7-1-2-9(10(19)26)20-3-7/h1-5H,6H2,(H2,19,26)(H,21,22,24,27). The number of nitrogens with one attached hydrogen (secondary N) is 1. The van der Waals surface area contributed by atoms with E-state index in [0.29, 0.717) is 5.56 Å². The minimum atomic E-state index is -4.77. The fourth-order valence-corrected chi connectivity index (χ4v) is 1.90. The molecule has 0 saturated carbocycles. The van der Waals surface area contributed by atoms with Crippen LogP contribution in [0.2, 0.25) is 0 Å². The summed E-state index contributed by atoms with van der Waals surface area (Å²) >= 11 is 0. The monoisotopic (exact) mass is 409 g/mol. The number of hydrogen-bond acceptors (Lipinski definition) is 9. The van der Waals surface area contributed by atoms with Crippen LogP contribution in [0.5, 0.6) is 0 Å². The number of carbonyl (C=O) groups excluding carboxylic acids is 2. The van der Waals surface area contributed by atoms with Gasteiger partial charge in [-0.15, -0.1) is 0 Å². The molecule has 3 aromatic rings. The predicted octanol–water partition coefficient (Wildman–Crippen LogP) is 1.79. The van der Waals surface area contributed by atoms with Crippen molar-refractivity contribution in [2.45, 2.75) is 12.8 Å². The number of rotatable bonds is 5. The highest BCUT2D eigenvalue weighted by Gasteiger charge is 2.38. The number of aromatic nitrogens is 5. The third-order valence-corrected chi connectivity index (χ3v) is 3.24. The van der Waals surface area contributed by atoms with Gasteiger partial charge in [-0.05, 0) is 6.07 Å². The van der Waals surface area contributed by atoms with Crippen molar-refractivity contribution in [2.75, 3.05) is 5.32 Å². The van der Waals surface area contributed by atoms with Crippen LogP contribution in [-0.2, 0) is 17.5 Å². The molecule has 0 fully saturated rings. The van der Waals surface area contributed by atoms with Gasteiger partial charge in [-0.3, -0.25) is 15.1 Å². The molecule has 0 spiro atoms. The summed E-state index contributed by atoms with van der Waals surface area (Å²) in [5, 5.41) is 5.42. The molecular weight excluding hydrogens is 399 g/mol. The SMILES string of the molecule is NC(=O)c1ccc(COC(=O)Nc2ncc(-c3noc(C(F)(F)F)n3)cn2)cn1. The average Bonchev–Trinajstić information content (AvgIpc) is 3.18. The Hall–Kier alpha value is -4.10. The van der Waals surface area contributed by atoms with Crippen LogP contribution < -0.4 is 11.1 Å². The van der Waals surface area contributed by atoms with Crippen LogP contribution in [0.4, 0.5) is 23.9 Å². The molecule has 2 amide bonds. The summed E-state index contributed by atoms with van der Waals surface area (Å²) in [6.07, 6.45) is -2.15. The van der Waals surface area contributed by atoms with E-state index in [1.165, 1.54) is 18.3 Å². The topological polar surface area (TPSA) is 159 Å². The molecule has 11 nitrogen and oxygen atoms in total. The van der Waals surface area contributed by atoms with Gasteiger partial charge in [-0.1, -0.05) is 11.2 Å². The van der Waals surface area contributed by atoms with E-state index in [1.807, 2.05) is 0 Å². The first-order valence-electron chi connectivity index (χ1n) is 7.64. The summed E-state index contributed by atoms with van der Waals surface area (Å²) in [5.74, 6) is -2.72. The molecule has 0 atom stereocenters. The Morgan fingerprint density at radius 2 is 1.86 bits per heavy atom. The maximum absolute atomic E-state index is 12.5. The van der Waals surface area contributed by atoms with E-state index in [4.69, 9.17) is 10.5 Å². The summed E-state index contributed by atoms with van der Waals surface area (Å²) in [4.78, 5) is 37.2. The summed E-state index contributed by atoms with van der Waals surface area (Å²) in [6.45, 7) is -0.154. The normalized spacial score (nSPS) is 11.1. The van der Waals surface area contributed by atoms with Gasteiger partial charge in [0, 0.05) is 24.2 Å². The molecule has 0 radical (unpaired) electrons. The molecule has 0 saturated heterocycles. The number of primary amides is 1. The summed E-state index contributed by atoms with van der Waals surface area (Å²) in [7, 11) is 0. The molecule has 0 aromatic carbocycles. The Bertz CT molecular complexity index is 1020. The van der Waals surface area contributed by atoms with E-state index in [1.54, 1.807) is 0 Å². The number of hydrogen-bond donors (Lipinski definition) is 2. The number of carbonyl (C=O) groups is 2. The van der Waals surface area contributed by atoms with Crippen molar-refractivity contribution >= 4 is 17.9 Å². The molecular formula is C15H10F3N7O4. The second-order valence-corrected chi connectivity index (χ2v) is 5.33. The van der Waals surface area contributed by atoms with Crippen molar-refractivity contribution in [3.8, 4) is 11.4 Å². The zero-order chi connectivity index (χ0) is 21.0. The molecule has 150 valence electrons. The maximum atomic E-state index is 12.5. The molecule has 0 aliphatic heterocycles. The first kappa shape index (κ1) is 19.7. The van der Waals surface area contributed by atoms with E-state index in [9.17, 15) is 22.8 Å². The number of amides is 2. The second-order valence-electron chi connectivity index (χ2n) is 5.33. The molecule has 0 aliphatic rings. The first-order valence-corrected chi connectivity index (χ1v) is 7.64. The van der Waals surface area contributed by atoms with Gasteiger partial charge in [0.25, 0.3) is 5.91 Å². The van der Waals surface area contributed by atoms with Crippen LogP contribution in [0.15, 0.2) is 35.2 Å². The lowest BCUT2D eigenvalue weighted by Crippen LogP contribution is -2.16. The van der Waals surface area contributed by atoms with Crippen LogP contribution in [-0.4, -0.2) is 37.1 Å². The maximum Gasteiger partial charge on any atom is 0.471 e. The Balaban J connectivity index is 1.55. The second kappa shape index (κ2) is 7.87. The molecule has 29 heavy (non-hydrogen) atoms. The van der Waals surface area contributed by atoms with E-state index in [2.05, 4.69) is 34.9 Å². The highest BCUT2D eigenvalue weighted by molar-refractivity contribution is 5.90.